The molecule has 0 saturated carbocycles. The van der Waals surface area contributed by atoms with Crippen LogP contribution in [0.25, 0.3) is 0 Å². The summed E-state index contributed by atoms with van der Waals surface area (Å²) >= 11 is 5.89. The Hall–Kier alpha value is -1.31. The Morgan fingerprint density at radius 3 is 2.06 bits per heavy atom. The van der Waals surface area contributed by atoms with E-state index in [4.69, 9.17) is 11.6 Å². The maximum Gasteiger partial charge on any atom is 0.0440 e. The van der Waals surface area contributed by atoms with Crippen LogP contribution in [0.1, 0.15) is 23.5 Å². The van der Waals surface area contributed by atoms with Crippen molar-refractivity contribution in [3.05, 3.63) is 70.7 Å². The van der Waals surface area contributed by atoms with Crippen molar-refractivity contribution in [3.63, 3.8) is 0 Å². The molecule has 0 heterocycles. The van der Waals surface area contributed by atoms with Crippen LogP contribution >= 0.6 is 11.6 Å². The van der Waals surface area contributed by atoms with Crippen LogP contribution in [0.4, 0.5) is 0 Å². The number of aliphatic hydroxyl groups is 1. The van der Waals surface area contributed by atoms with Crippen molar-refractivity contribution in [3.8, 4) is 0 Å². The van der Waals surface area contributed by atoms with Gasteiger partial charge in [-0.05, 0) is 29.7 Å². The largest absolute Gasteiger partial charge is 0.396 e. The lowest BCUT2D eigenvalue weighted by molar-refractivity contribution is 0.281. The van der Waals surface area contributed by atoms with Crippen molar-refractivity contribution in [1.29, 1.82) is 0 Å². The molecular weight excluding hydrogens is 232 g/mol. The second-order valence-electron chi connectivity index (χ2n) is 4.03. The number of rotatable bonds is 4. The van der Waals surface area contributed by atoms with Crippen LogP contribution in [0, 0.1) is 0 Å². The van der Waals surface area contributed by atoms with Gasteiger partial charge in [-0.25, -0.2) is 0 Å². The highest BCUT2D eigenvalue weighted by Crippen LogP contribution is 2.28. The first-order valence-corrected chi connectivity index (χ1v) is 6.10. The van der Waals surface area contributed by atoms with Crippen molar-refractivity contribution in [2.75, 3.05) is 6.61 Å². The van der Waals surface area contributed by atoms with Gasteiger partial charge in [0.1, 0.15) is 0 Å². The van der Waals surface area contributed by atoms with Gasteiger partial charge in [-0.1, -0.05) is 54.1 Å². The highest BCUT2D eigenvalue weighted by molar-refractivity contribution is 6.30. The van der Waals surface area contributed by atoms with E-state index >= 15 is 0 Å². The molecule has 1 N–H and O–H groups in total. The molecular formula is C15H15ClO. The van der Waals surface area contributed by atoms with E-state index in [-0.39, 0.29) is 12.5 Å². The van der Waals surface area contributed by atoms with Crippen LogP contribution in [0.5, 0.6) is 0 Å². The highest BCUT2D eigenvalue weighted by atomic mass is 35.5. The number of benzene rings is 2. The third-order valence-electron chi connectivity index (χ3n) is 2.89. The molecule has 1 atom stereocenters. The summed E-state index contributed by atoms with van der Waals surface area (Å²) < 4.78 is 0. The van der Waals surface area contributed by atoms with Gasteiger partial charge < -0.3 is 5.11 Å². The number of hydrogen-bond acceptors (Lipinski definition) is 1. The van der Waals surface area contributed by atoms with E-state index < -0.39 is 0 Å². The number of halogens is 1. The molecule has 1 unspecified atom stereocenters. The second-order valence-corrected chi connectivity index (χ2v) is 4.46. The molecule has 0 fully saturated rings. The zero-order valence-corrected chi connectivity index (χ0v) is 10.3. The molecule has 0 bridgehead atoms. The minimum Gasteiger partial charge on any atom is -0.396 e. The van der Waals surface area contributed by atoms with Gasteiger partial charge in [0.15, 0.2) is 0 Å². The van der Waals surface area contributed by atoms with E-state index in [1.807, 2.05) is 42.5 Å². The predicted octanol–water partition coefficient (Wildman–Crippen LogP) is 3.85. The van der Waals surface area contributed by atoms with E-state index in [1.54, 1.807) is 0 Å². The Morgan fingerprint density at radius 2 is 1.47 bits per heavy atom. The van der Waals surface area contributed by atoms with Gasteiger partial charge in [0.2, 0.25) is 0 Å². The van der Waals surface area contributed by atoms with Crippen molar-refractivity contribution in [1.82, 2.24) is 0 Å². The molecule has 88 valence electrons. The summed E-state index contributed by atoms with van der Waals surface area (Å²) in [5.41, 5.74) is 2.42. The first-order valence-electron chi connectivity index (χ1n) is 5.72. The van der Waals surface area contributed by atoms with Gasteiger partial charge in [-0.2, -0.15) is 0 Å². The van der Waals surface area contributed by atoms with Crippen LogP contribution in [0.15, 0.2) is 54.6 Å². The lowest BCUT2D eigenvalue weighted by Crippen LogP contribution is -2.03. The smallest absolute Gasteiger partial charge is 0.0440 e. The topological polar surface area (TPSA) is 20.2 Å². The molecule has 0 aliphatic rings. The molecule has 2 aromatic rings. The Morgan fingerprint density at radius 1 is 0.882 bits per heavy atom. The van der Waals surface area contributed by atoms with Crippen molar-refractivity contribution in [2.45, 2.75) is 12.3 Å². The summed E-state index contributed by atoms with van der Waals surface area (Å²) in [4.78, 5) is 0. The van der Waals surface area contributed by atoms with Gasteiger partial charge in [0.05, 0.1) is 0 Å². The maximum atomic E-state index is 9.19. The molecule has 0 radical (unpaired) electrons. The van der Waals surface area contributed by atoms with Crippen LogP contribution < -0.4 is 0 Å². The number of aliphatic hydroxyl groups excluding tert-OH is 1. The Labute approximate surface area is 107 Å². The van der Waals surface area contributed by atoms with Crippen molar-refractivity contribution in [2.24, 2.45) is 0 Å². The molecule has 2 aromatic carbocycles. The fourth-order valence-electron chi connectivity index (χ4n) is 2.04. The normalized spacial score (nSPS) is 12.4. The maximum absolute atomic E-state index is 9.19. The van der Waals surface area contributed by atoms with E-state index in [2.05, 4.69) is 12.1 Å². The monoisotopic (exact) mass is 246 g/mol. The lowest BCUT2D eigenvalue weighted by atomic mass is 9.89. The predicted molar refractivity (Wildman–Crippen MR) is 71.4 cm³/mol. The average Bonchev–Trinajstić information content (AvgIpc) is 2.38. The molecule has 0 amide bonds. The van der Waals surface area contributed by atoms with Crippen LogP contribution in [0.2, 0.25) is 5.02 Å². The molecule has 0 aliphatic heterocycles. The van der Waals surface area contributed by atoms with Crippen molar-refractivity contribution < 1.29 is 5.11 Å². The summed E-state index contributed by atoms with van der Waals surface area (Å²) in [5, 5.41) is 9.93. The summed E-state index contributed by atoms with van der Waals surface area (Å²) in [6, 6.07) is 18.1. The Bertz CT molecular complexity index is 450. The van der Waals surface area contributed by atoms with E-state index in [9.17, 15) is 5.11 Å². The van der Waals surface area contributed by atoms with E-state index in [0.717, 1.165) is 11.4 Å². The average molecular weight is 247 g/mol. The summed E-state index contributed by atoms with van der Waals surface area (Å²) in [6.45, 7) is 0.183. The minimum absolute atomic E-state index is 0.183. The third kappa shape index (κ3) is 3.09. The highest BCUT2D eigenvalue weighted by Gasteiger charge is 2.12. The van der Waals surface area contributed by atoms with Gasteiger partial charge in [-0.3, -0.25) is 0 Å². The Balaban J connectivity index is 2.32. The van der Waals surface area contributed by atoms with Gasteiger partial charge in [0.25, 0.3) is 0 Å². The zero-order valence-electron chi connectivity index (χ0n) is 9.51. The summed E-state index contributed by atoms with van der Waals surface area (Å²) in [6.07, 6.45) is 0.728. The molecule has 2 heteroatoms. The van der Waals surface area contributed by atoms with Crippen molar-refractivity contribution >= 4 is 11.6 Å². The first kappa shape index (κ1) is 12.2. The molecule has 1 nitrogen and oxygen atoms in total. The third-order valence-corrected chi connectivity index (χ3v) is 3.14. The Kier molecular flexibility index (Phi) is 4.18. The second kappa shape index (κ2) is 5.85. The van der Waals surface area contributed by atoms with E-state index in [0.29, 0.717) is 0 Å². The summed E-state index contributed by atoms with van der Waals surface area (Å²) in [7, 11) is 0. The first-order chi connectivity index (χ1) is 8.31. The molecule has 2 rings (SSSR count). The molecule has 0 saturated heterocycles. The standard InChI is InChI=1S/C15H15ClO/c16-14-8-6-13(7-9-14)15(10-11-17)12-4-2-1-3-5-12/h1-9,15,17H,10-11H2. The molecule has 0 aliphatic carbocycles. The zero-order chi connectivity index (χ0) is 12.1. The molecule has 0 aromatic heterocycles. The fourth-order valence-corrected chi connectivity index (χ4v) is 2.16. The van der Waals surface area contributed by atoms with Crippen LogP contribution in [-0.2, 0) is 0 Å². The van der Waals surface area contributed by atoms with Crippen LogP contribution in [-0.4, -0.2) is 11.7 Å². The molecule has 17 heavy (non-hydrogen) atoms. The molecule has 0 spiro atoms. The van der Waals surface area contributed by atoms with Gasteiger partial charge in [0, 0.05) is 17.5 Å². The van der Waals surface area contributed by atoms with Gasteiger partial charge in [-0.15, -0.1) is 0 Å². The lowest BCUT2D eigenvalue weighted by Gasteiger charge is -2.16. The van der Waals surface area contributed by atoms with Crippen LogP contribution in [0.3, 0.4) is 0 Å². The van der Waals surface area contributed by atoms with Gasteiger partial charge >= 0.3 is 0 Å². The SMILES string of the molecule is OCCC(c1ccccc1)c1ccc(Cl)cc1. The fraction of sp³-hybridized carbons (Fsp3) is 0.200. The quantitative estimate of drug-likeness (QED) is 0.869. The number of hydrogen-bond donors (Lipinski definition) is 1. The van der Waals surface area contributed by atoms with E-state index in [1.165, 1.54) is 11.1 Å². The minimum atomic E-state index is 0.183. The summed E-state index contributed by atoms with van der Waals surface area (Å²) in [5.74, 6) is 0.235.